The van der Waals surface area contributed by atoms with Crippen molar-refractivity contribution in [2.75, 3.05) is 6.61 Å². The lowest BCUT2D eigenvalue weighted by Gasteiger charge is -2.17. The molecule has 0 aliphatic rings. The van der Waals surface area contributed by atoms with Gasteiger partial charge in [-0.15, -0.1) is 0 Å². The van der Waals surface area contributed by atoms with Gasteiger partial charge in [-0.1, -0.05) is 13.0 Å². The second-order valence-electron chi connectivity index (χ2n) is 5.20. The van der Waals surface area contributed by atoms with E-state index in [0.29, 0.717) is 5.56 Å². The smallest absolute Gasteiger partial charge is 0.251 e. The van der Waals surface area contributed by atoms with E-state index in [2.05, 4.69) is 5.32 Å². The van der Waals surface area contributed by atoms with Crippen LogP contribution in [0, 0.1) is 19.8 Å². The number of benzene rings is 1. The molecule has 100 valence electrons. The highest BCUT2D eigenvalue weighted by Gasteiger charge is 2.12. The maximum absolute atomic E-state index is 12.0. The van der Waals surface area contributed by atoms with E-state index in [9.17, 15) is 4.79 Å². The van der Waals surface area contributed by atoms with Crippen LogP contribution in [0.15, 0.2) is 18.2 Å². The number of amides is 1. The fourth-order valence-electron chi connectivity index (χ4n) is 1.93. The van der Waals surface area contributed by atoms with Crippen molar-refractivity contribution in [3.63, 3.8) is 0 Å². The maximum Gasteiger partial charge on any atom is 0.251 e. The molecule has 1 aromatic carbocycles. The van der Waals surface area contributed by atoms with Gasteiger partial charge in [0.25, 0.3) is 5.91 Å². The number of aryl methyl sites for hydroxylation is 2. The van der Waals surface area contributed by atoms with Crippen molar-refractivity contribution in [3.8, 4) is 0 Å². The maximum atomic E-state index is 12.0. The minimum absolute atomic E-state index is 0.0456. The molecule has 2 unspecified atom stereocenters. The first kappa shape index (κ1) is 14.7. The Morgan fingerprint density at radius 3 is 2.50 bits per heavy atom. The first-order valence-corrected chi connectivity index (χ1v) is 6.43. The lowest BCUT2D eigenvalue weighted by Crippen LogP contribution is -2.34. The summed E-state index contributed by atoms with van der Waals surface area (Å²) >= 11 is 0. The van der Waals surface area contributed by atoms with E-state index < -0.39 is 0 Å². The van der Waals surface area contributed by atoms with Gasteiger partial charge in [0.1, 0.15) is 0 Å². The summed E-state index contributed by atoms with van der Waals surface area (Å²) in [6, 6.07) is 5.79. The molecule has 2 atom stereocenters. The van der Waals surface area contributed by atoms with Crippen molar-refractivity contribution < 1.29 is 9.90 Å². The summed E-state index contributed by atoms with van der Waals surface area (Å²) in [7, 11) is 0. The van der Waals surface area contributed by atoms with Crippen LogP contribution in [0.1, 0.15) is 41.8 Å². The highest BCUT2D eigenvalue weighted by molar-refractivity contribution is 5.94. The highest BCUT2D eigenvalue weighted by Crippen LogP contribution is 2.11. The molecular weight excluding hydrogens is 226 g/mol. The third-order valence-corrected chi connectivity index (χ3v) is 3.21. The number of carbonyl (C=O) groups excluding carboxylic acids is 1. The van der Waals surface area contributed by atoms with Crippen molar-refractivity contribution in [1.82, 2.24) is 5.32 Å². The SMILES string of the molecule is Cc1ccc(C(=O)NC(C)CC(C)CO)cc1C. The van der Waals surface area contributed by atoms with Gasteiger partial charge in [0.2, 0.25) is 0 Å². The second-order valence-corrected chi connectivity index (χ2v) is 5.20. The minimum Gasteiger partial charge on any atom is -0.396 e. The van der Waals surface area contributed by atoms with Crippen molar-refractivity contribution in [1.29, 1.82) is 0 Å². The zero-order chi connectivity index (χ0) is 13.7. The van der Waals surface area contributed by atoms with Crippen LogP contribution in [0.25, 0.3) is 0 Å². The van der Waals surface area contributed by atoms with Gasteiger partial charge in [-0.05, 0) is 56.4 Å². The molecule has 0 aliphatic carbocycles. The fraction of sp³-hybridized carbons (Fsp3) is 0.533. The largest absolute Gasteiger partial charge is 0.396 e. The summed E-state index contributed by atoms with van der Waals surface area (Å²) in [4.78, 5) is 12.0. The van der Waals surface area contributed by atoms with Crippen LogP contribution in [0.2, 0.25) is 0 Å². The minimum atomic E-state index is -0.0456. The summed E-state index contributed by atoms with van der Waals surface area (Å²) < 4.78 is 0. The van der Waals surface area contributed by atoms with Gasteiger partial charge in [0.15, 0.2) is 0 Å². The highest BCUT2D eigenvalue weighted by atomic mass is 16.3. The number of hydrogen-bond acceptors (Lipinski definition) is 2. The third kappa shape index (κ3) is 4.15. The van der Waals surface area contributed by atoms with Crippen molar-refractivity contribution in [3.05, 3.63) is 34.9 Å². The van der Waals surface area contributed by atoms with Crippen LogP contribution >= 0.6 is 0 Å². The van der Waals surface area contributed by atoms with Crippen LogP contribution in [0.3, 0.4) is 0 Å². The number of hydrogen-bond donors (Lipinski definition) is 2. The molecular formula is C15H23NO2. The first-order chi connectivity index (χ1) is 8.43. The first-order valence-electron chi connectivity index (χ1n) is 6.43. The molecule has 3 nitrogen and oxygen atoms in total. The monoisotopic (exact) mass is 249 g/mol. The van der Waals surface area contributed by atoms with E-state index >= 15 is 0 Å². The average molecular weight is 249 g/mol. The molecule has 0 aliphatic heterocycles. The van der Waals surface area contributed by atoms with E-state index in [4.69, 9.17) is 5.11 Å². The summed E-state index contributed by atoms with van der Waals surface area (Å²) in [5.74, 6) is 0.163. The topological polar surface area (TPSA) is 49.3 Å². The Hall–Kier alpha value is -1.35. The quantitative estimate of drug-likeness (QED) is 0.842. The Morgan fingerprint density at radius 2 is 1.94 bits per heavy atom. The Balaban J connectivity index is 2.62. The van der Waals surface area contributed by atoms with Crippen LogP contribution in [0.5, 0.6) is 0 Å². The van der Waals surface area contributed by atoms with E-state index in [-0.39, 0.29) is 24.5 Å². The predicted octanol–water partition coefficient (Wildman–Crippen LogP) is 2.44. The molecule has 3 heteroatoms. The molecule has 0 fully saturated rings. The molecule has 0 spiro atoms. The summed E-state index contributed by atoms with van der Waals surface area (Å²) in [6.45, 7) is 8.12. The lowest BCUT2D eigenvalue weighted by atomic mass is 10.0. The Kier molecular flexibility index (Phi) is 5.35. The Labute approximate surface area is 109 Å². The normalized spacial score (nSPS) is 14.1. The number of aliphatic hydroxyl groups excluding tert-OH is 1. The average Bonchev–Trinajstić information content (AvgIpc) is 2.32. The molecule has 0 saturated carbocycles. The molecule has 1 aromatic rings. The zero-order valence-electron chi connectivity index (χ0n) is 11.7. The molecule has 0 aromatic heterocycles. The van der Waals surface area contributed by atoms with Crippen LogP contribution in [-0.4, -0.2) is 23.7 Å². The molecule has 18 heavy (non-hydrogen) atoms. The molecule has 0 saturated heterocycles. The molecule has 1 rings (SSSR count). The van der Waals surface area contributed by atoms with Gasteiger partial charge in [0, 0.05) is 18.2 Å². The number of aliphatic hydroxyl groups is 1. The third-order valence-electron chi connectivity index (χ3n) is 3.21. The molecule has 1 amide bonds. The predicted molar refractivity (Wildman–Crippen MR) is 73.7 cm³/mol. The van der Waals surface area contributed by atoms with E-state index in [1.165, 1.54) is 5.56 Å². The summed E-state index contributed by atoms with van der Waals surface area (Å²) in [5, 5.41) is 11.9. The molecule has 2 N–H and O–H groups in total. The van der Waals surface area contributed by atoms with Gasteiger partial charge in [0.05, 0.1) is 0 Å². The summed E-state index contributed by atoms with van der Waals surface area (Å²) in [6.07, 6.45) is 0.785. The molecule has 0 radical (unpaired) electrons. The van der Waals surface area contributed by atoms with E-state index in [1.807, 2.05) is 45.9 Å². The van der Waals surface area contributed by atoms with Crippen molar-refractivity contribution >= 4 is 5.91 Å². The lowest BCUT2D eigenvalue weighted by molar-refractivity contribution is 0.0931. The van der Waals surface area contributed by atoms with Gasteiger partial charge < -0.3 is 10.4 Å². The molecule has 0 heterocycles. The number of rotatable bonds is 5. The van der Waals surface area contributed by atoms with Crippen LogP contribution in [-0.2, 0) is 0 Å². The van der Waals surface area contributed by atoms with Crippen LogP contribution < -0.4 is 5.32 Å². The van der Waals surface area contributed by atoms with Gasteiger partial charge in [-0.2, -0.15) is 0 Å². The number of carbonyl (C=O) groups is 1. The van der Waals surface area contributed by atoms with E-state index in [1.54, 1.807) is 0 Å². The second kappa shape index (κ2) is 6.55. The van der Waals surface area contributed by atoms with Crippen LogP contribution in [0.4, 0.5) is 0 Å². The standard InChI is InChI=1S/C15H23NO2/c1-10(9-17)7-13(4)16-15(18)14-6-5-11(2)12(3)8-14/h5-6,8,10,13,17H,7,9H2,1-4H3,(H,16,18). The summed E-state index contributed by atoms with van der Waals surface area (Å²) in [5.41, 5.74) is 3.01. The fourth-order valence-corrected chi connectivity index (χ4v) is 1.93. The number of nitrogens with one attached hydrogen (secondary N) is 1. The van der Waals surface area contributed by atoms with Gasteiger partial charge in [-0.25, -0.2) is 0 Å². The van der Waals surface area contributed by atoms with Gasteiger partial charge >= 0.3 is 0 Å². The molecule has 0 bridgehead atoms. The van der Waals surface area contributed by atoms with Gasteiger partial charge in [-0.3, -0.25) is 4.79 Å². The Morgan fingerprint density at radius 1 is 1.28 bits per heavy atom. The van der Waals surface area contributed by atoms with E-state index in [0.717, 1.165) is 12.0 Å². The zero-order valence-corrected chi connectivity index (χ0v) is 11.7. The van der Waals surface area contributed by atoms with Crippen molar-refractivity contribution in [2.45, 2.75) is 40.2 Å². The van der Waals surface area contributed by atoms with Crippen molar-refractivity contribution in [2.24, 2.45) is 5.92 Å². The Bertz CT molecular complexity index is 415.